The van der Waals surface area contributed by atoms with Crippen LogP contribution in [0, 0.1) is 0 Å². The third-order valence-corrected chi connectivity index (χ3v) is 4.41. The number of rotatable bonds is 3. The Labute approximate surface area is 159 Å². The normalized spacial score (nSPS) is 16.5. The Morgan fingerprint density at radius 3 is 2.27 bits per heavy atom. The Morgan fingerprint density at radius 2 is 1.77 bits per heavy atom. The van der Waals surface area contributed by atoms with E-state index >= 15 is 0 Å². The molecule has 0 spiro atoms. The quantitative estimate of drug-likeness (QED) is 0.701. The molecule has 1 fully saturated rings. The van der Waals surface area contributed by atoms with Crippen molar-refractivity contribution < 1.29 is 27.4 Å². The van der Waals surface area contributed by atoms with Gasteiger partial charge < -0.3 is 14.4 Å². The van der Waals surface area contributed by atoms with Gasteiger partial charge in [0, 0.05) is 37.2 Å². The Kier molecular flexibility index (Phi) is 6.44. The summed E-state index contributed by atoms with van der Waals surface area (Å²) in [5, 5.41) is 0. The number of ether oxygens (including phenoxy) is 2. The lowest BCUT2D eigenvalue weighted by atomic mass is 10.2. The number of alkyl halides is 3. The molecule has 1 saturated heterocycles. The van der Waals surface area contributed by atoms with Crippen LogP contribution in [0.3, 0.4) is 0 Å². The number of nitrogens with zero attached hydrogens (tertiary/aromatic N) is 2. The van der Waals surface area contributed by atoms with Crippen molar-refractivity contribution >= 4 is 22.0 Å². The van der Waals surface area contributed by atoms with Crippen LogP contribution in [-0.4, -0.2) is 54.0 Å². The number of halogens is 4. The third kappa shape index (κ3) is 6.68. The number of hydrogen-bond donors (Lipinski definition) is 0. The molecule has 146 valence electrons. The Balaban J connectivity index is 1.88. The first-order valence-corrected chi connectivity index (χ1v) is 8.97. The maximum absolute atomic E-state index is 12.3. The molecule has 1 aliphatic heterocycles. The van der Waals surface area contributed by atoms with Crippen LogP contribution in [0.15, 0.2) is 22.7 Å². The first kappa shape index (κ1) is 20.8. The van der Waals surface area contributed by atoms with Gasteiger partial charge in [-0.15, -0.1) is 13.2 Å². The highest BCUT2D eigenvalue weighted by atomic mass is 79.9. The average molecular weight is 439 g/mol. The van der Waals surface area contributed by atoms with E-state index in [2.05, 4.69) is 25.6 Å². The standard InChI is InChI=1S/C17H22BrF3N2O3/c1-16(2,3)26-15(24)23-8-6-22(7-9-23)11-12-4-5-13(10-14(12)18)25-17(19,20)21/h4-5,10H,6-9,11H2,1-3H3. The summed E-state index contributed by atoms with van der Waals surface area (Å²) in [6.07, 6.45) is -5.04. The summed E-state index contributed by atoms with van der Waals surface area (Å²) in [5.74, 6) is -0.261. The molecular formula is C17H22BrF3N2O3. The summed E-state index contributed by atoms with van der Waals surface area (Å²) in [7, 11) is 0. The van der Waals surface area contributed by atoms with Crippen molar-refractivity contribution in [1.29, 1.82) is 0 Å². The molecule has 26 heavy (non-hydrogen) atoms. The minimum Gasteiger partial charge on any atom is -0.444 e. The number of amides is 1. The molecule has 1 amide bonds. The predicted octanol–water partition coefficient (Wildman–Crippen LogP) is 4.40. The van der Waals surface area contributed by atoms with Gasteiger partial charge in [-0.2, -0.15) is 0 Å². The van der Waals surface area contributed by atoms with Crippen LogP contribution in [0.2, 0.25) is 0 Å². The van der Waals surface area contributed by atoms with E-state index in [1.165, 1.54) is 12.1 Å². The van der Waals surface area contributed by atoms with Crippen molar-refractivity contribution in [3.05, 3.63) is 28.2 Å². The van der Waals surface area contributed by atoms with Gasteiger partial charge in [-0.1, -0.05) is 22.0 Å². The Morgan fingerprint density at radius 1 is 1.15 bits per heavy atom. The molecule has 1 aromatic carbocycles. The van der Waals surface area contributed by atoms with Gasteiger partial charge in [0.2, 0.25) is 0 Å². The summed E-state index contributed by atoms with van der Waals surface area (Å²) in [5.41, 5.74) is 0.324. The zero-order chi connectivity index (χ0) is 19.5. The van der Waals surface area contributed by atoms with Crippen molar-refractivity contribution in [1.82, 2.24) is 9.80 Å². The lowest BCUT2D eigenvalue weighted by molar-refractivity contribution is -0.274. The number of piperazine rings is 1. The molecule has 0 aromatic heterocycles. The molecule has 0 unspecified atom stereocenters. The highest BCUT2D eigenvalue weighted by molar-refractivity contribution is 9.10. The number of benzene rings is 1. The lowest BCUT2D eigenvalue weighted by Gasteiger charge is -2.35. The van der Waals surface area contributed by atoms with Crippen LogP contribution in [0.5, 0.6) is 5.75 Å². The second-order valence-corrected chi connectivity index (χ2v) is 7.90. The zero-order valence-corrected chi connectivity index (χ0v) is 16.5. The van der Waals surface area contributed by atoms with Crippen molar-refractivity contribution in [2.45, 2.75) is 39.3 Å². The summed E-state index contributed by atoms with van der Waals surface area (Å²) in [4.78, 5) is 15.9. The topological polar surface area (TPSA) is 42.0 Å². The molecule has 0 radical (unpaired) electrons. The van der Waals surface area contributed by atoms with E-state index in [1.54, 1.807) is 11.0 Å². The molecule has 5 nitrogen and oxygen atoms in total. The third-order valence-electron chi connectivity index (χ3n) is 3.68. The summed E-state index contributed by atoms with van der Waals surface area (Å²) < 4.78 is 46.6. The van der Waals surface area contributed by atoms with Gasteiger partial charge >= 0.3 is 12.5 Å². The molecule has 0 saturated carbocycles. The van der Waals surface area contributed by atoms with Crippen molar-refractivity contribution in [3.8, 4) is 5.75 Å². The number of hydrogen-bond acceptors (Lipinski definition) is 4. The molecule has 0 atom stereocenters. The van der Waals surface area contributed by atoms with E-state index in [4.69, 9.17) is 4.74 Å². The van der Waals surface area contributed by atoms with Gasteiger partial charge in [0.1, 0.15) is 11.4 Å². The van der Waals surface area contributed by atoms with Crippen molar-refractivity contribution in [2.24, 2.45) is 0 Å². The fourth-order valence-electron chi connectivity index (χ4n) is 2.51. The van der Waals surface area contributed by atoms with Gasteiger partial charge in [-0.25, -0.2) is 4.79 Å². The Bertz CT molecular complexity index is 639. The molecule has 0 N–H and O–H groups in total. The summed E-state index contributed by atoms with van der Waals surface area (Å²) in [6, 6.07) is 4.20. The van der Waals surface area contributed by atoms with Crippen molar-refractivity contribution in [3.63, 3.8) is 0 Å². The largest absolute Gasteiger partial charge is 0.573 e. The molecule has 1 aromatic rings. The maximum Gasteiger partial charge on any atom is 0.573 e. The van der Waals surface area contributed by atoms with Crippen molar-refractivity contribution in [2.75, 3.05) is 26.2 Å². The number of carbonyl (C=O) groups excluding carboxylic acids is 1. The predicted molar refractivity (Wildman–Crippen MR) is 93.9 cm³/mol. The van der Waals surface area contributed by atoms with E-state index < -0.39 is 12.0 Å². The van der Waals surface area contributed by atoms with Crippen LogP contribution in [0.1, 0.15) is 26.3 Å². The minimum atomic E-state index is -4.71. The van der Waals surface area contributed by atoms with Crippen LogP contribution in [0.4, 0.5) is 18.0 Å². The molecule has 2 rings (SSSR count). The van der Waals surface area contributed by atoms with E-state index in [9.17, 15) is 18.0 Å². The molecule has 1 aliphatic rings. The fraction of sp³-hybridized carbons (Fsp3) is 0.588. The Hall–Kier alpha value is -1.48. The van der Waals surface area contributed by atoms with E-state index in [0.717, 1.165) is 5.56 Å². The molecule has 1 heterocycles. The molecule has 0 bridgehead atoms. The van der Waals surface area contributed by atoms with Crippen LogP contribution in [-0.2, 0) is 11.3 Å². The zero-order valence-electron chi connectivity index (χ0n) is 14.9. The number of carbonyl (C=O) groups is 1. The smallest absolute Gasteiger partial charge is 0.444 e. The van der Waals surface area contributed by atoms with Crippen LogP contribution < -0.4 is 4.74 Å². The average Bonchev–Trinajstić information content (AvgIpc) is 2.47. The van der Waals surface area contributed by atoms with Crippen LogP contribution >= 0.6 is 15.9 Å². The lowest BCUT2D eigenvalue weighted by Crippen LogP contribution is -2.49. The fourth-order valence-corrected chi connectivity index (χ4v) is 2.99. The van der Waals surface area contributed by atoms with Gasteiger partial charge in [-0.3, -0.25) is 4.90 Å². The monoisotopic (exact) mass is 438 g/mol. The summed E-state index contributed by atoms with van der Waals surface area (Å²) in [6.45, 7) is 8.44. The first-order chi connectivity index (χ1) is 11.9. The first-order valence-electron chi connectivity index (χ1n) is 8.17. The van der Waals surface area contributed by atoms with Crippen LogP contribution in [0.25, 0.3) is 0 Å². The van der Waals surface area contributed by atoms with Gasteiger partial charge in [0.25, 0.3) is 0 Å². The highest BCUT2D eigenvalue weighted by Crippen LogP contribution is 2.28. The maximum atomic E-state index is 12.3. The van der Waals surface area contributed by atoms with Gasteiger partial charge in [-0.05, 0) is 38.5 Å². The molecule has 0 aliphatic carbocycles. The second kappa shape index (κ2) is 8.04. The minimum absolute atomic E-state index is 0.261. The molecule has 9 heteroatoms. The van der Waals surface area contributed by atoms with E-state index in [-0.39, 0.29) is 11.8 Å². The summed E-state index contributed by atoms with van der Waals surface area (Å²) >= 11 is 3.29. The van der Waals surface area contributed by atoms with Gasteiger partial charge in [0.05, 0.1) is 0 Å². The molecular weight excluding hydrogens is 417 g/mol. The highest BCUT2D eigenvalue weighted by Gasteiger charge is 2.31. The van der Waals surface area contributed by atoms with Gasteiger partial charge in [0.15, 0.2) is 0 Å². The SMILES string of the molecule is CC(C)(C)OC(=O)N1CCN(Cc2ccc(OC(F)(F)F)cc2Br)CC1. The second-order valence-electron chi connectivity index (χ2n) is 7.04. The van der Waals surface area contributed by atoms with E-state index in [1.807, 2.05) is 20.8 Å². The van der Waals surface area contributed by atoms with E-state index in [0.29, 0.717) is 37.2 Å².